The number of hydrogen-bond acceptors (Lipinski definition) is 2. The average molecular weight is 224 g/mol. The van der Waals surface area contributed by atoms with Crippen molar-refractivity contribution in [3.63, 3.8) is 0 Å². The molecule has 0 saturated heterocycles. The summed E-state index contributed by atoms with van der Waals surface area (Å²) in [5, 5.41) is 3.21. The van der Waals surface area contributed by atoms with Gasteiger partial charge in [0.2, 0.25) is 5.91 Å². The number of nitrogens with two attached hydrogens (primary N) is 1. The van der Waals surface area contributed by atoms with Crippen molar-refractivity contribution in [2.24, 2.45) is 17.6 Å². The molecule has 3 N–H and O–H groups in total. The highest BCUT2D eigenvalue weighted by Crippen LogP contribution is 2.34. The van der Waals surface area contributed by atoms with Crippen molar-refractivity contribution in [2.75, 3.05) is 6.54 Å². The largest absolute Gasteiger partial charge is 0.349 e. The highest BCUT2D eigenvalue weighted by molar-refractivity contribution is 5.77. The first-order chi connectivity index (χ1) is 7.63. The third-order valence-corrected chi connectivity index (χ3v) is 4.20. The second-order valence-electron chi connectivity index (χ2n) is 5.86. The minimum absolute atomic E-state index is 0.0848. The summed E-state index contributed by atoms with van der Waals surface area (Å²) in [5.41, 5.74) is 5.78. The lowest BCUT2D eigenvalue weighted by Gasteiger charge is -2.39. The zero-order chi connectivity index (χ0) is 11.6. The number of nitrogens with one attached hydrogen (secondary N) is 1. The standard InChI is InChI=1S/C13H24N2O/c1-10-4-6-13(9-14,7-5-10)15-12(16)8-11-2-3-11/h10-11H,2-9,14H2,1H3,(H,15,16). The molecule has 16 heavy (non-hydrogen) atoms. The van der Waals surface area contributed by atoms with Crippen molar-refractivity contribution >= 4 is 5.91 Å². The van der Waals surface area contributed by atoms with Gasteiger partial charge in [-0.15, -0.1) is 0 Å². The summed E-state index contributed by atoms with van der Waals surface area (Å²) in [4.78, 5) is 11.8. The zero-order valence-electron chi connectivity index (χ0n) is 10.3. The van der Waals surface area contributed by atoms with Crippen LogP contribution in [-0.4, -0.2) is 18.0 Å². The molecule has 0 aromatic carbocycles. The molecule has 0 unspecified atom stereocenters. The van der Waals surface area contributed by atoms with E-state index >= 15 is 0 Å². The van der Waals surface area contributed by atoms with Gasteiger partial charge in [-0.3, -0.25) is 4.79 Å². The van der Waals surface area contributed by atoms with Crippen molar-refractivity contribution in [1.29, 1.82) is 0 Å². The Morgan fingerprint density at radius 3 is 2.44 bits per heavy atom. The van der Waals surface area contributed by atoms with Gasteiger partial charge in [-0.2, -0.15) is 0 Å². The number of carbonyl (C=O) groups is 1. The van der Waals surface area contributed by atoms with E-state index in [9.17, 15) is 4.79 Å². The van der Waals surface area contributed by atoms with E-state index in [1.807, 2.05) is 0 Å². The summed E-state index contributed by atoms with van der Waals surface area (Å²) >= 11 is 0. The molecule has 92 valence electrons. The fourth-order valence-electron chi connectivity index (χ4n) is 2.63. The number of rotatable bonds is 4. The molecule has 3 nitrogen and oxygen atoms in total. The van der Waals surface area contributed by atoms with E-state index in [0.29, 0.717) is 12.5 Å². The monoisotopic (exact) mass is 224 g/mol. The maximum absolute atomic E-state index is 11.8. The summed E-state index contributed by atoms with van der Waals surface area (Å²) in [6.07, 6.45) is 7.70. The molecule has 1 amide bonds. The Bertz CT molecular complexity index is 253. The molecule has 0 heterocycles. The van der Waals surface area contributed by atoms with E-state index < -0.39 is 0 Å². The van der Waals surface area contributed by atoms with Crippen molar-refractivity contribution in [1.82, 2.24) is 5.32 Å². The van der Waals surface area contributed by atoms with Gasteiger partial charge in [0.15, 0.2) is 0 Å². The van der Waals surface area contributed by atoms with Gasteiger partial charge in [0, 0.05) is 13.0 Å². The summed E-state index contributed by atoms with van der Waals surface area (Å²) in [6.45, 7) is 2.88. The van der Waals surface area contributed by atoms with Crippen LogP contribution in [0.25, 0.3) is 0 Å². The van der Waals surface area contributed by atoms with Gasteiger partial charge in [0.1, 0.15) is 0 Å². The molecular formula is C13H24N2O. The van der Waals surface area contributed by atoms with E-state index in [4.69, 9.17) is 5.73 Å². The normalized spacial score (nSPS) is 34.8. The summed E-state index contributed by atoms with van der Waals surface area (Å²) in [7, 11) is 0. The molecule has 0 aromatic rings. The maximum atomic E-state index is 11.8. The average Bonchev–Trinajstić information content (AvgIpc) is 3.06. The fraction of sp³-hybridized carbons (Fsp3) is 0.923. The van der Waals surface area contributed by atoms with Gasteiger partial charge in [0.25, 0.3) is 0 Å². The van der Waals surface area contributed by atoms with Crippen LogP contribution in [0.5, 0.6) is 0 Å². The minimum atomic E-state index is -0.0848. The van der Waals surface area contributed by atoms with E-state index in [2.05, 4.69) is 12.2 Å². The highest BCUT2D eigenvalue weighted by atomic mass is 16.1. The van der Waals surface area contributed by atoms with Crippen molar-refractivity contribution in [3.8, 4) is 0 Å². The lowest BCUT2D eigenvalue weighted by Crippen LogP contribution is -2.55. The van der Waals surface area contributed by atoms with E-state index in [0.717, 1.165) is 25.2 Å². The van der Waals surface area contributed by atoms with Crippen LogP contribution in [0.15, 0.2) is 0 Å². The molecule has 2 saturated carbocycles. The van der Waals surface area contributed by atoms with Crippen LogP contribution in [0.2, 0.25) is 0 Å². The predicted molar refractivity (Wildman–Crippen MR) is 64.9 cm³/mol. The zero-order valence-corrected chi connectivity index (χ0v) is 10.3. The molecule has 0 radical (unpaired) electrons. The molecule has 0 bridgehead atoms. The molecule has 2 rings (SSSR count). The van der Waals surface area contributed by atoms with Gasteiger partial charge in [-0.05, 0) is 50.4 Å². The number of carbonyl (C=O) groups excluding carboxylic acids is 1. The molecule has 2 fully saturated rings. The van der Waals surface area contributed by atoms with Gasteiger partial charge in [-0.25, -0.2) is 0 Å². The van der Waals surface area contributed by atoms with Gasteiger partial charge >= 0.3 is 0 Å². The Balaban J connectivity index is 1.85. The maximum Gasteiger partial charge on any atom is 0.220 e. The molecule has 2 aliphatic carbocycles. The molecule has 0 spiro atoms. The SMILES string of the molecule is CC1CCC(CN)(NC(=O)CC2CC2)CC1. The lowest BCUT2D eigenvalue weighted by atomic mass is 9.77. The van der Waals surface area contributed by atoms with Crippen LogP contribution >= 0.6 is 0 Å². The first-order valence-electron chi connectivity index (χ1n) is 6.65. The van der Waals surface area contributed by atoms with Crippen molar-refractivity contribution in [3.05, 3.63) is 0 Å². The van der Waals surface area contributed by atoms with E-state index in [1.165, 1.54) is 25.7 Å². The minimum Gasteiger partial charge on any atom is -0.349 e. The van der Waals surface area contributed by atoms with Gasteiger partial charge in [-0.1, -0.05) is 6.92 Å². The quantitative estimate of drug-likeness (QED) is 0.765. The summed E-state index contributed by atoms with van der Waals surface area (Å²) in [5.74, 6) is 1.68. The predicted octanol–water partition coefficient (Wildman–Crippen LogP) is 1.81. The molecule has 0 aliphatic heterocycles. The second-order valence-corrected chi connectivity index (χ2v) is 5.86. The van der Waals surface area contributed by atoms with Crippen molar-refractivity contribution in [2.45, 2.75) is 57.4 Å². The fourth-order valence-corrected chi connectivity index (χ4v) is 2.63. The van der Waals surface area contributed by atoms with Gasteiger partial charge < -0.3 is 11.1 Å². The third-order valence-electron chi connectivity index (χ3n) is 4.20. The number of amides is 1. The Labute approximate surface area is 98.2 Å². The first kappa shape index (κ1) is 11.9. The first-order valence-corrected chi connectivity index (χ1v) is 6.65. The Hall–Kier alpha value is -0.570. The van der Waals surface area contributed by atoms with Crippen LogP contribution in [0, 0.1) is 11.8 Å². The summed E-state index contributed by atoms with van der Waals surface area (Å²) in [6, 6.07) is 0. The number of hydrogen-bond donors (Lipinski definition) is 2. The molecule has 0 atom stereocenters. The molecule has 3 heteroatoms. The molecule has 2 aliphatic rings. The Morgan fingerprint density at radius 1 is 1.31 bits per heavy atom. The van der Waals surface area contributed by atoms with Crippen LogP contribution in [0.4, 0.5) is 0 Å². The van der Waals surface area contributed by atoms with E-state index in [-0.39, 0.29) is 11.4 Å². The van der Waals surface area contributed by atoms with Gasteiger partial charge in [0.05, 0.1) is 5.54 Å². The van der Waals surface area contributed by atoms with Crippen LogP contribution in [0.3, 0.4) is 0 Å². The summed E-state index contributed by atoms with van der Waals surface area (Å²) < 4.78 is 0. The second kappa shape index (κ2) is 4.74. The Kier molecular flexibility index (Phi) is 3.53. The molecule has 0 aromatic heterocycles. The van der Waals surface area contributed by atoms with E-state index in [1.54, 1.807) is 0 Å². The highest BCUT2D eigenvalue weighted by Gasteiger charge is 2.35. The smallest absolute Gasteiger partial charge is 0.220 e. The topological polar surface area (TPSA) is 55.1 Å². The lowest BCUT2D eigenvalue weighted by molar-refractivity contribution is -0.123. The van der Waals surface area contributed by atoms with Crippen LogP contribution in [-0.2, 0) is 4.79 Å². The third kappa shape index (κ3) is 2.97. The van der Waals surface area contributed by atoms with Crippen LogP contribution < -0.4 is 11.1 Å². The molecular weight excluding hydrogens is 200 g/mol. The Morgan fingerprint density at radius 2 is 1.94 bits per heavy atom. The van der Waals surface area contributed by atoms with Crippen molar-refractivity contribution < 1.29 is 4.79 Å². The van der Waals surface area contributed by atoms with Crippen LogP contribution in [0.1, 0.15) is 51.9 Å².